The summed E-state index contributed by atoms with van der Waals surface area (Å²) in [6, 6.07) is 7.78. The molecule has 7 heteroatoms. The van der Waals surface area contributed by atoms with E-state index in [-0.39, 0.29) is 6.42 Å². The fraction of sp³-hybridized carbons (Fsp3) is 0.412. The molecule has 0 fully saturated rings. The van der Waals surface area contributed by atoms with Crippen LogP contribution in [0.2, 0.25) is 0 Å². The fourth-order valence-electron chi connectivity index (χ4n) is 3.10. The molecular formula is C17H21N3O3S. The van der Waals surface area contributed by atoms with Crippen LogP contribution in [0.25, 0.3) is 0 Å². The molecule has 0 unspecified atom stereocenters. The van der Waals surface area contributed by atoms with Crippen LogP contribution in [-0.2, 0) is 28.0 Å². The van der Waals surface area contributed by atoms with E-state index in [9.17, 15) is 13.2 Å². The molecule has 24 heavy (non-hydrogen) atoms. The van der Waals surface area contributed by atoms with Crippen LogP contribution in [0.3, 0.4) is 0 Å². The maximum absolute atomic E-state index is 12.5. The van der Waals surface area contributed by atoms with Crippen molar-refractivity contribution in [1.82, 2.24) is 9.03 Å². The summed E-state index contributed by atoms with van der Waals surface area (Å²) >= 11 is 0. The van der Waals surface area contributed by atoms with E-state index < -0.39 is 16.1 Å². The molecule has 1 aromatic carbocycles. The summed E-state index contributed by atoms with van der Waals surface area (Å²) in [5.41, 5.74) is 4.82. The van der Waals surface area contributed by atoms with Crippen LogP contribution >= 0.6 is 0 Å². The first-order chi connectivity index (χ1) is 11.4. The summed E-state index contributed by atoms with van der Waals surface area (Å²) in [5.74, 6) is -0.514. The van der Waals surface area contributed by atoms with E-state index in [1.54, 1.807) is 0 Å². The van der Waals surface area contributed by atoms with Crippen molar-refractivity contribution in [2.24, 2.45) is 4.99 Å². The van der Waals surface area contributed by atoms with Gasteiger partial charge in [0.1, 0.15) is 0 Å². The van der Waals surface area contributed by atoms with Gasteiger partial charge in [0.25, 0.3) is 0 Å². The van der Waals surface area contributed by atoms with Crippen LogP contribution in [0.5, 0.6) is 0 Å². The lowest BCUT2D eigenvalue weighted by atomic mass is 10.0. The lowest BCUT2D eigenvalue weighted by Gasteiger charge is -2.27. The molecule has 1 amide bonds. The molecule has 128 valence electrons. The molecule has 1 N–H and O–H groups in total. The lowest BCUT2D eigenvalue weighted by Crippen LogP contribution is -2.45. The van der Waals surface area contributed by atoms with E-state index in [0.717, 1.165) is 28.0 Å². The maximum Gasteiger partial charge on any atom is 0.304 e. The van der Waals surface area contributed by atoms with Gasteiger partial charge in [-0.05, 0) is 42.5 Å². The highest BCUT2D eigenvalue weighted by Gasteiger charge is 2.28. The van der Waals surface area contributed by atoms with Gasteiger partial charge in [0.05, 0.1) is 13.0 Å². The highest BCUT2D eigenvalue weighted by atomic mass is 32.2. The number of amides is 1. The van der Waals surface area contributed by atoms with Crippen molar-refractivity contribution in [3.05, 3.63) is 46.5 Å². The van der Waals surface area contributed by atoms with Gasteiger partial charge in [-0.2, -0.15) is 12.7 Å². The second kappa shape index (κ2) is 6.49. The van der Waals surface area contributed by atoms with Crippen LogP contribution < -0.4 is 4.72 Å². The summed E-state index contributed by atoms with van der Waals surface area (Å²) in [7, 11) is -3.83. The summed E-state index contributed by atoms with van der Waals surface area (Å²) in [5, 5.41) is 0. The molecule has 0 aliphatic carbocycles. The molecular weight excluding hydrogens is 326 g/mol. The minimum atomic E-state index is -3.83. The maximum atomic E-state index is 12.5. The van der Waals surface area contributed by atoms with Gasteiger partial charge in [-0.25, -0.2) is 4.72 Å². The quantitative estimate of drug-likeness (QED) is 0.898. The smallest absolute Gasteiger partial charge is 0.285 e. The highest BCUT2D eigenvalue weighted by Crippen LogP contribution is 2.21. The van der Waals surface area contributed by atoms with Crippen molar-refractivity contribution in [3.8, 4) is 0 Å². The molecule has 0 atom stereocenters. The van der Waals surface area contributed by atoms with E-state index in [4.69, 9.17) is 0 Å². The van der Waals surface area contributed by atoms with Crippen molar-refractivity contribution in [2.75, 3.05) is 13.1 Å². The zero-order valence-electron chi connectivity index (χ0n) is 13.9. The molecule has 0 spiro atoms. The Morgan fingerprint density at radius 1 is 1.25 bits per heavy atom. The predicted octanol–water partition coefficient (Wildman–Crippen LogP) is 1.59. The topological polar surface area (TPSA) is 78.8 Å². The molecule has 2 aliphatic heterocycles. The Morgan fingerprint density at radius 2 is 1.96 bits per heavy atom. The second-order valence-electron chi connectivity index (χ2n) is 6.22. The van der Waals surface area contributed by atoms with Gasteiger partial charge in [0.15, 0.2) is 0 Å². The molecule has 0 aromatic heterocycles. The minimum Gasteiger partial charge on any atom is -0.285 e. The second-order valence-corrected chi connectivity index (χ2v) is 7.89. The van der Waals surface area contributed by atoms with Crippen molar-refractivity contribution in [1.29, 1.82) is 0 Å². The van der Waals surface area contributed by atoms with Gasteiger partial charge < -0.3 is 0 Å². The van der Waals surface area contributed by atoms with E-state index >= 15 is 0 Å². The first kappa shape index (κ1) is 16.9. The number of rotatable bonds is 4. The highest BCUT2D eigenvalue weighted by molar-refractivity contribution is 7.87. The minimum absolute atomic E-state index is 0.0465. The number of carbonyl (C=O) groups excluding carboxylic acids is 1. The Labute approximate surface area is 142 Å². The van der Waals surface area contributed by atoms with Crippen molar-refractivity contribution in [3.63, 3.8) is 0 Å². The Bertz CT molecular complexity index is 840. The number of fused-ring (bicyclic) bond motifs is 1. The van der Waals surface area contributed by atoms with Gasteiger partial charge in [-0.1, -0.05) is 24.3 Å². The average molecular weight is 347 g/mol. The van der Waals surface area contributed by atoms with Crippen LogP contribution in [0, 0.1) is 0 Å². The number of carbonyl (C=O) groups is 1. The third-order valence-electron chi connectivity index (χ3n) is 4.52. The van der Waals surface area contributed by atoms with E-state index in [1.807, 2.05) is 38.1 Å². The van der Waals surface area contributed by atoms with Crippen molar-refractivity contribution < 1.29 is 13.2 Å². The molecule has 2 heterocycles. The number of nitrogens with one attached hydrogen (secondary N) is 1. The monoisotopic (exact) mass is 347 g/mol. The Morgan fingerprint density at radius 3 is 2.62 bits per heavy atom. The van der Waals surface area contributed by atoms with Crippen LogP contribution in [0.4, 0.5) is 0 Å². The molecule has 0 saturated heterocycles. The van der Waals surface area contributed by atoms with Crippen LogP contribution in [0.15, 0.2) is 40.4 Å². The van der Waals surface area contributed by atoms with Crippen molar-refractivity contribution >= 4 is 21.8 Å². The third-order valence-corrected chi connectivity index (χ3v) is 6.00. The standard InChI is InChI=1S/C17H21N3O3S/c1-12-10-18-13(2)16(12)9-17(21)19-24(22,23)20-8-7-14-5-3-4-6-15(14)11-20/h3-6H,7-11H2,1-2H3,(H,19,21). The fourth-order valence-corrected chi connectivity index (χ4v) is 4.23. The Hall–Kier alpha value is -1.99. The van der Waals surface area contributed by atoms with Gasteiger partial charge in [0.2, 0.25) is 5.91 Å². The van der Waals surface area contributed by atoms with Gasteiger partial charge in [-0.15, -0.1) is 0 Å². The molecule has 3 rings (SSSR count). The number of hydrogen-bond acceptors (Lipinski definition) is 4. The third kappa shape index (κ3) is 3.42. The first-order valence-electron chi connectivity index (χ1n) is 7.94. The number of hydrogen-bond donors (Lipinski definition) is 1. The average Bonchev–Trinajstić information content (AvgIpc) is 2.86. The SMILES string of the molecule is CC1=NCC(C)=C1CC(=O)NS(=O)(=O)N1CCc2ccccc2C1. The van der Waals surface area contributed by atoms with E-state index in [0.29, 0.717) is 26.1 Å². The van der Waals surface area contributed by atoms with Gasteiger partial charge in [0, 0.05) is 18.8 Å². The molecule has 1 aromatic rings. The number of aliphatic imine (C=N–C) groups is 1. The summed E-state index contributed by atoms with van der Waals surface area (Å²) in [4.78, 5) is 16.5. The van der Waals surface area contributed by atoms with Crippen molar-refractivity contribution in [2.45, 2.75) is 33.2 Å². The van der Waals surface area contributed by atoms with E-state index in [2.05, 4.69) is 9.71 Å². The largest absolute Gasteiger partial charge is 0.304 e. The van der Waals surface area contributed by atoms with Crippen LogP contribution in [-0.4, -0.2) is 37.4 Å². The molecule has 6 nitrogen and oxygen atoms in total. The van der Waals surface area contributed by atoms with Gasteiger partial charge in [-0.3, -0.25) is 9.79 Å². The van der Waals surface area contributed by atoms with Crippen LogP contribution in [0.1, 0.15) is 31.4 Å². The summed E-state index contributed by atoms with van der Waals surface area (Å²) < 4.78 is 28.5. The summed E-state index contributed by atoms with van der Waals surface area (Å²) in [6.45, 7) is 5.01. The van der Waals surface area contributed by atoms with Gasteiger partial charge >= 0.3 is 10.2 Å². The zero-order valence-corrected chi connectivity index (χ0v) is 14.7. The predicted molar refractivity (Wildman–Crippen MR) is 92.9 cm³/mol. The number of benzene rings is 1. The lowest BCUT2D eigenvalue weighted by molar-refractivity contribution is -0.118. The molecule has 0 saturated carbocycles. The molecule has 0 radical (unpaired) electrons. The number of nitrogens with zero attached hydrogens (tertiary/aromatic N) is 2. The summed E-state index contributed by atoms with van der Waals surface area (Å²) in [6.07, 6.45) is 0.701. The van der Waals surface area contributed by atoms with E-state index in [1.165, 1.54) is 4.31 Å². The Balaban J connectivity index is 1.68. The molecule has 2 aliphatic rings. The Kier molecular flexibility index (Phi) is 4.56. The zero-order chi connectivity index (χ0) is 17.3. The normalized spacial score (nSPS) is 18.3. The molecule has 0 bridgehead atoms. The first-order valence-corrected chi connectivity index (χ1v) is 9.38.